The number of nitrogens with two attached hydrogens (primary N) is 1. The molecule has 3 N–H and O–H groups in total. The first kappa shape index (κ1) is 19.9. The molecule has 0 aliphatic carbocycles. The van der Waals surface area contributed by atoms with Gasteiger partial charge in [-0.1, -0.05) is 35.9 Å². The molecule has 0 fully saturated rings. The number of ether oxygens (including phenoxy) is 1. The number of anilines is 2. The number of nitrogens with zero attached hydrogens (tertiary/aromatic N) is 1. The summed E-state index contributed by atoms with van der Waals surface area (Å²) in [4.78, 5) is 30.4. The van der Waals surface area contributed by atoms with E-state index in [1.165, 1.54) is 18.4 Å². The molecule has 8 heteroatoms. The average molecular weight is 438 g/mol. The van der Waals surface area contributed by atoms with Gasteiger partial charge in [-0.05, 0) is 36.4 Å². The molecule has 0 atom stereocenters. The minimum atomic E-state index is -0.538. The van der Waals surface area contributed by atoms with Gasteiger partial charge in [0.25, 0.3) is 5.91 Å². The molecule has 0 radical (unpaired) electrons. The van der Waals surface area contributed by atoms with Crippen molar-refractivity contribution in [3.05, 3.63) is 76.1 Å². The predicted octanol–water partition coefficient (Wildman–Crippen LogP) is 5.24. The number of amides is 1. The number of aromatic nitrogens is 1. The van der Waals surface area contributed by atoms with Crippen LogP contribution < -0.4 is 11.1 Å². The van der Waals surface area contributed by atoms with E-state index in [2.05, 4.69) is 10.3 Å². The van der Waals surface area contributed by atoms with E-state index in [1.54, 1.807) is 36.4 Å². The highest BCUT2D eigenvalue weighted by atomic mass is 35.5. The van der Waals surface area contributed by atoms with E-state index < -0.39 is 11.9 Å². The Kier molecular flexibility index (Phi) is 5.39. The minimum Gasteiger partial charge on any atom is -0.465 e. The third-order valence-corrected chi connectivity index (χ3v) is 5.89. The lowest BCUT2D eigenvalue weighted by Crippen LogP contribution is -2.15. The first-order valence-corrected chi connectivity index (χ1v) is 10.1. The summed E-state index contributed by atoms with van der Waals surface area (Å²) in [6.45, 7) is 0. The van der Waals surface area contributed by atoms with Crippen LogP contribution in [0.15, 0.2) is 60.7 Å². The van der Waals surface area contributed by atoms with Crippen LogP contribution in [0.4, 0.5) is 11.4 Å². The zero-order chi connectivity index (χ0) is 21.3. The van der Waals surface area contributed by atoms with E-state index in [9.17, 15) is 9.59 Å². The van der Waals surface area contributed by atoms with Gasteiger partial charge in [0.2, 0.25) is 0 Å². The average Bonchev–Trinajstić information content (AvgIpc) is 3.10. The second-order valence-corrected chi connectivity index (χ2v) is 7.83. The largest absolute Gasteiger partial charge is 0.465 e. The van der Waals surface area contributed by atoms with Crippen molar-refractivity contribution in [2.45, 2.75) is 0 Å². The number of nitrogen functional groups attached to an aromatic ring is 1. The van der Waals surface area contributed by atoms with Gasteiger partial charge in [0.15, 0.2) is 0 Å². The van der Waals surface area contributed by atoms with Gasteiger partial charge >= 0.3 is 5.97 Å². The summed E-state index contributed by atoms with van der Waals surface area (Å²) in [5, 5.41) is 4.09. The topological polar surface area (TPSA) is 94.3 Å². The maximum absolute atomic E-state index is 12.9. The second kappa shape index (κ2) is 8.14. The number of para-hydroxylation sites is 1. The van der Waals surface area contributed by atoms with Gasteiger partial charge < -0.3 is 15.8 Å². The lowest BCUT2D eigenvalue weighted by molar-refractivity contribution is 0.0602. The Labute approximate surface area is 181 Å². The summed E-state index contributed by atoms with van der Waals surface area (Å²) in [5.41, 5.74) is 8.84. The van der Waals surface area contributed by atoms with Crippen LogP contribution in [0.1, 0.15) is 20.0 Å². The molecule has 0 unspecified atom stereocenters. The lowest BCUT2D eigenvalue weighted by atomic mass is 10.1. The summed E-state index contributed by atoms with van der Waals surface area (Å²) in [7, 11) is 1.29. The van der Waals surface area contributed by atoms with Crippen molar-refractivity contribution in [2.75, 3.05) is 18.2 Å². The van der Waals surface area contributed by atoms with Gasteiger partial charge in [-0.2, -0.15) is 0 Å². The number of carbonyl (C=O) groups is 2. The van der Waals surface area contributed by atoms with Crippen LogP contribution in [-0.4, -0.2) is 24.0 Å². The fraction of sp³-hybridized carbons (Fsp3) is 0.0455. The smallest absolute Gasteiger partial charge is 0.339 e. The van der Waals surface area contributed by atoms with E-state index in [4.69, 9.17) is 22.1 Å². The Bertz CT molecular complexity index is 1270. The molecule has 2 aromatic carbocycles. The van der Waals surface area contributed by atoms with Gasteiger partial charge in [0.05, 0.1) is 29.7 Å². The predicted molar refractivity (Wildman–Crippen MR) is 120 cm³/mol. The molecule has 0 saturated heterocycles. The number of benzene rings is 2. The van der Waals surface area contributed by atoms with Crippen LogP contribution in [0.5, 0.6) is 0 Å². The van der Waals surface area contributed by atoms with Gasteiger partial charge in [0.1, 0.15) is 9.71 Å². The van der Waals surface area contributed by atoms with Crippen LogP contribution in [-0.2, 0) is 4.74 Å². The Morgan fingerprint density at radius 3 is 2.53 bits per heavy atom. The number of thiophene rings is 1. The zero-order valence-electron chi connectivity index (χ0n) is 15.8. The fourth-order valence-corrected chi connectivity index (χ4v) is 4.12. The molecule has 150 valence electrons. The van der Waals surface area contributed by atoms with Crippen molar-refractivity contribution in [1.29, 1.82) is 0 Å². The SMILES string of the molecule is COC(=O)c1ccccc1NC(=O)c1sc2nc(-c3ccc(Cl)cc3)ccc2c1N. The maximum Gasteiger partial charge on any atom is 0.339 e. The normalized spacial score (nSPS) is 10.7. The molecule has 2 aromatic heterocycles. The lowest BCUT2D eigenvalue weighted by Gasteiger charge is -2.09. The second-order valence-electron chi connectivity index (χ2n) is 6.39. The Balaban J connectivity index is 1.68. The summed E-state index contributed by atoms with van der Waals surface area (Å²) in [6, 6.07) is 17.7. The van der Waals surface area contributed by atoms with Crippen LogP contribution in [0.2, 0.25) is 5.02 Å². The summed E-state index contributed by atoms with van der Waals surface area (Å²) < 4.78 is 4.77. The van der Waals surface area contributed by atoms with Gasteiger partial charge in [-0.3, -0.25) is 4.79 Å². The van der Waals surface area contributed by atoms with Gasteiger partial charge in [-0.25, -0.2) is 9.78 Å². The van der Waals surface area contributed by atoms with Gasteiger partial charge in [-0.15, -0.1) is 11.3 Å². The van der Waals surface area contributed by atoms with E-state index in [0.29, 0.717) is 31.5 Å². The zero-order valence-corrected chi connectivity index (χ0v) is 17.4. The Morgan fingerprint density at radius 1 is 1.07 bits per heavy atom. The van der Waals surface area contributed by atoms with Crippen LogP contribution >= 0.6 is 22.9 Å². The summed E-state index contributed by atoms with van der Waals surface area (Å²) in [5.74, 6) is -0.954. The number of hydrogen-bond donors (Lipinski definition) is 2. The minimum absolute atomic E-state index is 0.260. The third kappa shape index (κ3) is 3.72. The van der Waals surface area contributed by atoms with Crippen molar-refractivity contribution < 1.29 is 14.3 Å². The van der Waals surface area contributed by atoms with Crippen LogP contribution in [0.25, 0.3) is 21.5 Å². The molecule has 0 aliphatic heterocycles. The molecule has 0 saturated carbocycles. The van der Waals surface area contributed by atoms with E-state index in [0.717, 1.165) is 11.3 Å². The van der Waals surface area contributed by atoms with Crippen molar-refractivity contribution in [3.63, 3.8) is 0 Å². The van der Waals surface area contributed by atoms with Crippen LogP contribution in [0, 0.1) is 0 Å². The highest BCUT2D eigenvalue weighted by Crippen LogP contribution is 2.35. The Morgan fingerprint density at radius 2 is 1.80 bits per heavy atom. The highest BCUT2D eigenvalue weighted by Gasteiger charge is 2.20. The summed E-state index contributed by atoms with van der Waals surface area (Å²) in [6.07, 6.45) is 0. The standard InChI is InChI=1S/C22H16ClN3O3S/c1-29-22(28)14-4-2-3-5-17(14)25-20(27)19-18(24)15-10-11-16(26-21(15)30-19)12-6-8-13(23)9-7-12/h2-11H,24H2,1H3,(H,25,27). The molecular formula is C22H16ClN3O3S. The fourth-order valence-electron chi connectivity index (χ4n) is 3.01. The van der Waals surface area contributed by atoms with Crippen LogP contribution in [0.3, 0.4) is 0 Å². The van der Waals surface area contributed by atoms with E-state index in [1.807, 2.05) is 24.3 Å². The Hall–Kier alpha value is -3.42. The van der Waals surface area contributed by atoms with Crippen molar-refractivity contribution in [1.82, 2.24) is 4.98 Å². The number of halogens is 1. The quantitative estimate of drug-likeness (QED) is 0.426. The number of nitrogens with one attached hydrogen (secondary N) is 1. The maximum atomic E-state index is 12.9. The molecule has 30 heavy (non-hydrogen) atoms. The molecule has 1 amide bonds. The number of rotatable bonds is 4. The molecule has 0 bridgehead atoms. The first-order valence-electron chi connectivity index (χ1n) is 8.91. The monoisotopic (exact) mass is 437 g/mol. The highest BCUT2D eigenvalue weighted by molar-refractivity contribution is 7.21. The van der Waals surface area contributed by atoms with Crippen molar-refractivity contribution >= 4 is 56.4 Å². The number of methoxy groups -OCH3 is 1. The molecule has 4 rings (SSSR count). The van der Waals surface area contributed by atoms with Gasteiger partial charge in [0, 0.05) is 16.0 Å². The number of fused-ring (bicyclic) bond motifs is 1. The number of hydrogen-bond acceptors (Lipinski definition) is 6. The molecule has 4 aromatic rings. The number of esters is 1. The molecular weight excluding hydrogens is 422 g/mol. The third-order valence-electron chi connectivity index (χ3n) is 4.52. The molecule has 0 aliphatic rings. The number of pyridine rings is 1. The molecule has 2 heterocycles. The number of carbonyl (C=O) groups excluding carboxylic acids is 2. The first-order chi connectivity index (χ1) is 14.5. The molecule has 0 spiro atoms. The van der Waals surface area contributed by atoms with Crippen molar-refractivity contribution in [3.8, 4) is 11.3 Å². The van der Waals surface area contributed by atoms with E-state index >= 15 is 0 Å². The van der Waals surface area contributed by atoms with Crippen molar-refractivity contribution in [2.24, 2.45) is 0 Å². The van der Waals surface area contributed by atoms with E-state index in [-0.39, 0.29) is 5.56 Å². The molecule has 6 nitrogen and oxygen atoms in total. The summed E-state index contributed by atoms with van der Waals surface area (Å²) >= 11 is 7.14.